The van der Waals surface area contributed by atoms with Crippen LogP contribution in [0, 0.1) is 17.8 Å². The van der Waals surface area contributed by atoms with E-state index in [1.807, 2.05) is 0 Å². The maximum Gasteiger partial charge on any atom is 0.262 e. The lowest BCUT2D eigenvalue weighted by Crippen LogP contribution is -2.59. The molecule has 2 N–H and O–H groups in total. The van der Waals surface area contributed by atoms with E-state index < -0.39 is 0 Å². The number of carbonyl (C=O) groups excluding carboxylic acids is 2. The fourth-order valence-corrected chi connectivity index (χ4v) is 6.25. The first kappa shape index (κ1) is 19.2. The van der Waals surface area contributed by atoms with Gasteiger partial charge in [0.05, 0.1) is 7.11 Å². The Hall–Kier alpha value is -2.83. The summed E-state index contributed by atoms with van der Waals surface area (Å²) in [7, 11) is 3.22. The summed E-state index contributed by atoms with van der Waals surface area (Å²) in [5.74, 6) is 2.34. The van der Waals surface area contributed by atoms with E-state index in [0.717, 1.165) is 37.0 Å². The van der Waals surface area contributed by atoms with Crippen LogP contribution in [-0.2, 0) is 7.05 Å². The number of anilines is 1. The van der Waals surface area contributed by atoms with Gasteiger partial charge in [-0.3, -0.25) is 14.3 Å². The summed E-state index contributed by atoms with van der Waals surface area (Å²) in [5, 5.41) is 10.3. The largest absolute Gasteiger partial charge is 0.479 e. The molecule has 1 aromatic heterocycles. The quantitative estimate of drug-likeness (QED) is 0.794. The van der Waals surface area contributed by atoms with E-state index in [-0.39, 0.29) is 23.2 Å². The number of rotatable bonds is 5. The molecule has 0 radical (unpaired) electrons. The van der Waals surface area contributed by atoms with Gasteiger partial charge in [-0.1, -0.05) is 0 Å². The minimum absolute atomic E-state index is 0.00438. The van der Waals surface area contributed by atoms with Crippen LogP contribution in [0.4, 0.5) is 5.69 Å². The molecule has 4 aliphatic rings. The number of amides is 2. The van der Waals surface area contributed by atoms with E-state index in [4.69, 9.17) is 4.74 Å². The molecule has 4 saturated carbocycles. The standard InChI is InChI=1S/C23H28N4O3/c1-27-13-19(22(26-27)30-2)21(29)24-18-5-3-17(4-6-18)20(28)25-23-10-14-7-15(11-23)9-16(8-14)12-23/h3-6,13-16H,7-12H2,1-2H3,(H,24,29)(H,25,28). The molecular formula is C23H28N4O3. The Labute approximate surface area is 176 Å². The van der Waals surface area contributed by atoms with Crippen LogP contribution in [0.15, 0.2) is 30.5 Å². The Balaban J connectivity index is 1.25. The van der Waals surface area contributed by atoms with Crippen LogP contribution in [0.5, 0.6) is 5.88 Å². The molecule has 1 heterocycles. The van der Waals surface area contributed by atoms with Crippen molar-refractivity contribution in [3.8, 4) is 5.88 Å². The first-order chi connectivity index (χ1) is 14.4. The number of ether oxygens (including phenoxy) is 1. The molecule has 30 heavy (non-hydrogen) atoms. The van der Waals surface area contributed by atoms with Crippen molar-refractivity contribution < 1.29 is 14.3 Å². The highest BCUT2D eigenvalue weighted by atomic mass is 16.5. The molecule has 158 valence electrons. The molecular weight excluding hydrogens is 380 g/mol. The van der Waals surface area contributed by atoms with Crippen molar-refractivity contribution in [2.24, 2.45) is 24.8 Å². The van der Waals surface area contributed by atoms with Crippen LogP contribution in [0.1, 0.15) is 59.2 Å². The van der Waals surface area contributed by atoms with E-state index in [9.17, 15) is 9.59 Å². The molecule has 1 aromatic carbocycles. The zero-order valence-electron chi connectivity index (χ0n) is 17.5. The number of aromatic nitrogens is 2. The zero-order chi connectivity index (χ0) is 20.9. The number of carbonyl (C=O) groups is 2. The molecule has 0 unspecified atom stereocenters. The summed E-state index contributed by atoms with van der Waals surface area (Å²) >= 11 is 0. The SMILES string of the molecule is COc1nn(C)cc1C(=O)Nc1ccc(C(=O)NC23CC4CC(CC(C4)C2)C3)cc1. The average molecular weight is 409 g/mol. The summed E-state index contributed by atoms with van der Waals surface area (Å²) < 4.78 is 6.68. The third-order valence-electron chi connectivity index (χ3n) is 7.05. The van der Waals surface area contributed by atoms with Gasteiger partial charge >= 0.3 is 0 Å². The number of hydrogen-bond acceptors (Lipinski definition) is 4. The van der Waals surface area contributed by atoms with Crippen molar-refractivity contribution in [1.29, 1.82) is 0 Å². The predicted octanol–water partition coefficient (Wildman–Crippen LogP) is 3.38. The smallest absolute Gasteiger partial charge is 0.262 e. The maximum atomic E-state index is 12.9. The van der Waals surface area contributed by atoms with Crippen LogP contribution < -0.4 is 15.4 Å². The van der Waals surface area contributed by atoms with Crippen LogP contribution in [0.25, 0.3) is 0 Å². The van der Waals surface area contributed by atoms with Gasteiger partial charge in [-0.05, 0) is 80.5 Å². The van der Waals surface area contributed by atoms with Crippen LogP contribution in [0.2, 0.25) is 0 Å². The molecule has 0 aliphatic heterocycles. The van der Waals surface area contributed by atoms with Crippen molar-refractivity contribution in [1.82, 2.24) is 15.1 Å². The average Bonchev–Trinajstić information content (AvgIpc) is 3.08. The molecule has 4 fully saturated rings. The second-order valence-corrected chi connectivity index (χ2v) is 9.41. The first-order valence-electron chi connectivity index (χ1n) is 10.7. The summed E-state index contributed by atoms with van der Waals surface area (Å²) in [6.45, 7) is 0. The minimum atomic E-state index is -0.300. The highest BCUT2D eigenvalue weighted by molar-refractivity contribution is 6.06. The third-order valence-corrected chi connectivity index (χ3v) is 7.05. The lowest BCUT2D eigenvalue weighted by atomic mass is 9.53. The first-order valence-corrected chi connectivity index (χ1v) is 10.7. The van der Waals surface area contributed by atoms with Gasteiger partial charge in [0, 0.05) is 30.0 Å². The van der Waals surface area contributed by atoms with Crippen LogP contribution >= 0.6 is 0 Å². The number of methoxy groups -OCH3 is 1. The van der Waals surface area contributed by atoms with E-state index in [1.54, 1.807) is 37.5 Å². The van der Waals surface area contributed by atoms with Gasteiger partial charge in [-0.2, -0.15) is 0 Å². The summed E-state index contributed by atoms with van der Waals surface area (Å²) in [6, 6.07) is 7.06. The van der Waals surface area contributed by atoms with Crippen LogP contribution in [-0.4, -0.2) is 34.2 Å². The maximum absolute atomic E-state index is 12.9. The van der Waals surface area contributed by atoms with Crippen molar-refractivity contribution >= 4 is 17.5 Å². The Kier molecular flexibility index (Phi) is 4.56. The molecule has 0 atom stereocenters. The Bertz CT molecular complexity index is 944. The number of benzene rings is 1. The monoisotopic (exact) mass is 408 g/mol. The minimum Gasteiger partial charge on any atom is -0.479 e. The second kappa shape index (κ2) is 7.15. The molecule has 0 saturated heterocycles. The van der Waals surface area contributed by atoms with Gasteiger partial charge in [-0.15, -0.1) is 5.10 Å². The summed E-state index contributed by atoms with van der Waals surface area (Å²) in [4.78, 5) is 25.5. The second-order valence-electron chi connectivity index (χ2n) is 9.41. The Morgan fingerprint density at radius 1 is 1.03 bits per heavy atom. The van der Waals surface area contributed by atoms with Crippen molar-refractivity contribution in [2.75, 3.05) is 12.4 Å². The Morgan fingerprint density at radius 2 is 1.63 bits per heavy atom. The zero-order valence-corrected chi connectivity index (χ0v) is 17.5. The molecule has 7 heteroatoms. The van der Waals surface area contributed by atoms with Gasteiger partial charge in [0.1, 0.15) is 5.56 Å². The van der Waals surface area contributed by atoms with E-state index in [0.29, 0.717) is 16.8 Å². The van der Waals surface area contributed by atoms with Gasteiger partial charge < -0.3 is 15.4 Å². The number of nitrogens with zero attached hydrogens (tertiary/aromatic N) is 2. The third kappa shape index (κ3) is 3.46. The lowest BCUT2D eigenvalue weighted by molar-refractivity contribution is -0.0167. The van der Waals surface area contributed by atoms with Crippen molar-refractivity contribution in [3.05, 3.63) is 41.6 Å². The molecule has 0 spiro atoms. The van der Waals surface area contributed by atoms with E-state index in [2.05, 4.69) is 15.7 Å². The van der Waals surface area contributed by atoms with Gasteiger partial charge in [-0.25, -0.2) is 0 Å². The lowest BCUT2D eigenvalue weighted by Gasteiger charge is -2.56. The highest BCUT2D eigenvalue weighted by Gasteiger charge is 2.51. The molecule has 7 nitrogen and oxygen atoms in total. The normalized spacial score (nSPS) is 28.9. The predicted molar refractivity (Wildman–Crippen MR) is 113 cm³/mol. The fourth-order valence-electron chi connectivity index (χ4n) is 6.25. The number of nitrogens with one attached hydrogen (secondary N) is 2. The van der Waals surface area contributed by atoms with Crippen molar-refractivity contribution in [2.45, 2.75) is 44.1 Å². The fraction of sp³-hybridized carbons (Fsp3) is 0.522. The molecule has 4 aliphatic carbocycles. The van der Waals surface area contributed by atoms with Gasteiger partial charge in [0.25, 0.3) is 11.8 Å². The van der Waals surface area contributed by atoms with Gasteiger partial charge in [0.15, 0.2) is 0 Å². The molecule has 6 rings (SSSR count). The molecule has 2 amide bonds. The van der Waals surface area contributed by atoms with E-state index in [1.165, 1.54) is 31.1 Å². The van der Waals surface area contributed by atoms with Crippen molar-refractivity contribution in [3.63, 3.8) is 0 Å². The number of hydrogen-bond donors (Lipinski definition) is 2. The molecule has 4 bridgehead atoms. The summed E-state index contributed by atoms with van der Waals surface area (Å²) in [6.07, 6.45) is 9.06. The topological polar surface area (TPSA) is 85.2 Å². The molecule has 2 aromatic rings. The Morgan fingerprint density at radius 3 is 2.20 bits per heavy atom. The van der Waals surface area contributed by atoms with Gasteiger partial charge in [0.2, 0.25) is 5.88 Å². The summed E-state index contributed by atoms with van der Waals surface area (Å²) in [5.41, 5.74) is 1.61. The number of aryl methyl sites for hydroxylation is 1. The van der Waals surface area contributed by atoms with E-state index >= 15 is 0 Å². The highest BCUT2D eigenvalue weighted by Crippen LogP contribution is 2.55. The van der Waals surface area contributed by atoms with Crippen LogP contribution in [0.3, 0.4) is 0 Å².